The van der Waals surface area contributed by atoms with Crippen molar-refractivity contribution in [1.82, 2.24) is 10.2 Å². The number of hydrogen-bond donors (Lipinski definition) is 1. The summed E-state index contributed by atoms with van der Waals surface area (Å²) in [6, 6.07) is 10.9. The van der Waals surface area contributed by atoms with Crippen LogP contribution in [0.3, 0.4) is 0 Å². The molecule has 1 heterocycles. The van der Waals surface area contributed by atoms with E-state index in [1.165, 1.54) is 19.2 Å². The number of hydrogen-bond acceptors (Lipinski definition) is 3. The monoisotopic (exact) mass is 404 g/mol. The Bertz CT molecular complexity index is 866. The van der Waals surface area contributed by atoms with Crippen LogP contribution in [-0.2, 0) is 0 Å². The fourth-order valence-electron chi connectivity index (χ4n) is 3.34. The van der Waals surface area contributed by atoms with Gasteiger partial charge in [0.25, 0.3) is 11.8 Å². The molecule has 0 aliphatic carbocycles. The standard InChI is InChI=1S/C21H22ClFN2O3/c1-28-19-7-6-15(22)12-17(19)20(26)24-13-14-8-10-25(11-9-14)21(27)16-4-2-3-5-18(16)23/h2-7,12,14H,8-11,13H2,1H3,(H,24,26). The lowest BCUT2D eigenvalue weighted by Gasteiger charge is -2.32. The first-order chi connectivity index (χ1) is 13.5. The molecule has 1 saturated heterocycles. The first-order valence-electron chi connectivity index (χ1n) is 9.15. The SMILES string of the molecule is COc1ccc(Cl)cc1C(=O)NCC1CCN(C(=O)c2ccccc2F)CC1. The van der Waals surface area contributed by atoms with E-state index < -0.39 is 5.82 Å². The second kappa shape index (κ2) is 9.06. The summed E-state index contributed by atoms with van der Waals surface area (Å²) in [6.45, 7) is 1.57. The molecule has 5 nitrogen and oxygen atoms in total. The zero-order valence-corrected chi connectivity index (χ0v) is 16.3. The van der Waals surface area contributed by atoms with E-state index >= 15 is 0 Å². The predicted molar refractivity (Wildman–Crippen MR) is 105 cm³/mol. The third-order valence-electron chi connectivity index (χ3n) is 4.96. The maximum absolute atomic E-state index is 13.8. The highest BCUT2D eigenvalue weighted by Crippen LogP contribution is 2.23. The fraction of sp³-hybridized carbons (Fsp3) is 0.333. The second-order valence-electron chi connectivity index (χ2n) is 6.77. The Morgan fingerprint density at radius 3 is 2.57 bits per heavy atom. The average molecular weight is 405 g/mol. The van der Waals surface area contributed by atoms with Gasteiger partial charge in [-0.25, -0.2) is 4.39 Å². The molecule has 2 aromatic carbocycles. The van der Waals surface area contributed by atoms with Crippen LogP contribution in [0.1, 0.15) is 33.6 Å². The van der Waals surface area contributed by atoms with Crippen molar-refractivity contribution in [1.29, 1.82) is 0 Å². The van der Waals surface area contributed by atoms with Gasteiger partial charge in [-0.3, -0.25) is 9.59 Å². The van der Waals surface area contributed by atoms with E-state index in [1.54, 1.807) is 35.2 Å². The van der Waals surface area contributed by atoms with Crippen molar-refractivity contribution in [3.05, 3.63) is 64.4 Å². The molecule has 0 unspecified atom stereocenters. The lowest BCUT2D eigenvalue weighted by atomic mass is 9.96. The Morgan fingerprint density at radius 1 is 1.18 bits per heavy atom. The molecule has 28 heavy (non-hydrogen) atoms. The van der Waals surface area contributed by atoms with Gasteiger partial charge in [0.1, 0.15) is 11.6 Å². The lowest BCUT2D eigenvalue weighted by Crippen LogP contribution is -2.41. The third kappa shape index (κ3) is 4.62. The van der Waals surface area contributed by atoms with E-state index in [2.05, 4.69) is 5.32 Å². The number of nitrogens with one attached hydrogen (secondary N) is 1. The molecular formula is C21H22ClFN2O3. The van der Waals surface area contributed by atoms with Crippen molar-refractivity contribution < 1.29 is 18.7 Å². The molecule has 0 aromatic heterocycles. The topological polar surface area (TPSA) is 58.6 Å². The molecule has 0 radical (unpaired) electrons. The van der Waals surface area contributed by atoms with E-state index in [9.17, 15) is 14.0 Å². The Morgan fingerprint density at radius 2 is 1.89 bits per heavy atom. The molecule has 148 valence electrons. The molecule has 0 bridgehead atoms. The van der Waals surface area contributed by atoms with Crippen LogP contribution >= 0.6 is 11.6 Å². The van der Waals surface area contributed by atoms with Crippen LogP contribution in [0.4, 0.5) is 4.39 Å². The smallest absolute Gasteiger partial charge is 0.256 e. The molecule has 3 rings (SSSR count). The highest BCUT2D eigenvalue weighted by molar-refractivity contribution is 6.31. The van der Waals surface area contributed by atoms with Gasteiger partial charge in [0, 0.05) is 24.7 Å². The zero-order chi connectivity index (χ0) is 20.1. The molecule has 1 N–H and O–H groups in total. The molecule has 7 heteroatoms. The number of amides is 2. The second-order valence-corrected chi connectivity index (χ2v) is 7.21. The van der Waals surface area contributed by atoms with E-state index in [4.69, 9.17) is 16.3 Å². The molecule has 1 aliphatic heterocycles. The normalized spacial score (nSPS) is 14.6. The van der Waals surface area contributed by atoms with Gasteiger partial charge < -0.3 is 15.0 Å². The molecule has 0 atom stereocenters. The van der Waals surface area contributed by atoms with Crippen LogP contribution in [0.25, 0.3) is 0 Å². The van der Waals surface area contributed by atoms with Crippen LogP contribution in [0.15, 0.2) is 42.5 Å². The summed E-state index contributed by atoms with van der Waals surface area (Å²) in [5.41, 5.74) is 0.490. The Balaban J connectivity index is 1.52. The van der Waals surface area contributed by atoms with E-state index in [0.717, 1.165) is 12.8 Å². The van der Waals surface area contributed by atoms with Gasteiger partial charge in [0.15, 0.2) is 0 Å². The van der Waals surface area contributed by atoms with Crippen molar-refractivity contribution in [2.24, 2.45) is 5.92 Å². The first-order valence-corrected chi connectivity index (χ1v) is 9.53. The van der Waals surface area contributed by atoms with Gasteiger partial charge in [0.05, 0.1) is 18.2 Å². The Labute approximate surface area is 168 Å². The number of nitrogens with zero attached hydrogens (tertiary/aromatic N) is 1. The molecule has 1 fully saturated rings. The molecule has 2 aromatic rings. The number of piperidine rings is 1. The number of carbonyl (C=O) groups is 2. The van der Waals surface area contributed by atoms with Gasteiger partial charge >= 0.3 is 0 Å². The number of benzene rings is 2. The Hall–Kier alpha value is -2.60. The van der Waals surface area contributed by atoms with Gasteiger partial charge in [-0.15, -0.1) is 0 Å². The van der Waals surface area contributed by atoms with Crippen molar-refractivity contribution in [3.63, 3.8) is 0 Å². The number of likely N-dealkylation sites (tertiary alicyclic amines) is 1. The lowest BCUT2D eigenvalue weighted by molar-refractivity contribution is 0.0679. The minimum absolute atomic E-state index is 0.0994. The van der Waals surface area contributed by atoms with Crippen LogP contribution in [0, 0.1) is 11.7 Å². The summed E-state index contributed by atoms with van der Waals surface area (Å²) in [4.78, 5) is 26.6. The number of rotatable bonds is 5. The largest absolute Gasteiger partial charge is 0.496 e. The molecule has 0 saturated carbocycles. The highest BCUT2D eigenvalue weighted by atomic mass is 35.5. The van der Waals surface area contributed by atoms with Crippen LogP contribution in [0.2, 0.25) is 5.02 Å². The minimum atomic E-state index is -0.502. The summed E-state index contributed by atoms with van der Waals surface area (Å²) >= 11 is 5.97. The summed E-state index contributed by atoms with van der Waals surface area (Å²) < 4.78 is 19.0. The first kappa shape index (κ1) is 20.1. The van der Waals surface area contributed by atoms with Crippen LogP contribution < -0.4 is 10.1 Å². The predicted octanol–water partition coefficient (Wildman–Crippen LogP) is 3.77. The summed E-state index contributed by atoms with van der Waals surface area (Å²) in [7, 11) is 1.50. The van der Waals surface area contributed by atoms with Gasteiger partial charge in [-0.1, -0.05) is 23.7 Å². The Kier molecular flexibility index (Phi) is 6.52. The summed E-state index contributed by atoms with van der Waals surface area (Å²) in [6.07, 6.45) is 1.49. The van der Waals surface area contributed by atoms with Crippen molar-refractivity contribution in [3.8, 4) is 5.75 Å². The number of methoxy groups -OCH3 is 1. The highest BCUT2D eigenvalue weighted by Gasteiger charge is 2.25. The molecule has 1 aliphatic rings. The van der Waals surface area contributed by atoms with Crippen LogP contribution in [0.5, 0.6) is 5.75 Å². The summed E-state index contributed by atoms with van der Waals surface area (Å²) in [5.74, 6) is -0.322. The number of halogens is 2. The van der Waals surface area contributed by atoms with Gasteiger partial charge in [-0.05, 0) is 49.1 Å². The zero-order valence-electron chi connectivity index (χ0n) is 15.6. The van der Waals surface area contributed by atoms with Crippen molar-refractivity contribution in [2.45, 2.75) is 12.8 Å². The number of ether oxygens (including phenoxy) is 1. The minimum Gasteiger partial charge on any atom is -0.496 e. The molecule has 2 amide bonds. The summed E-state index contributed by atoms with van der Waals surface area (Å²) in [5, 5.41) is 3.38. The average Bonchev–Trinajstić information content (AvgIpc) is 2.72. The van der Waals surface area contributed by atoms with E-state index in [-0.39, 0.29) is 23.3 Å². The van der Waals surface area contributed by atoms with Crippen molar-refractivity contribution >= 4 is 23.4 Å². The van der Waals surface area contributed by atoms with E-state index in [1.807, 2.05) is 0 Å². The van der Waals surface area contributed by atoms with Gasteiger partial charge in [-0.2, -0.15) is 0 Å². The van der Waals surface area contributed by atoms with Crippen LogP contribution in [-0.4, -0.2) is 43.5 Å². The number of carbonyl (C=O) groups excluding carboxylic acids is 2. The molecule has 0 spiro atoms. The van der Waals surface area contributed by atoms with E-state index in [0.29, 0.717) is 36.0 Å². The molecular weight excluding hydrogens is 383 g/mol. The third-order valence-corrected chi connectivity index (χ3v) is 5.20. The van der Waals surface area contributed by atoms with Crippen molar-refractivity contribution in [2.75, 3.05) is 26.7 Å². The fourth-order valence-corrected chi connectivity index (χ4v) is 3.51. The maximum atomic E-state index is 13.8. The van der Waals surface area contributed by atoms with Gasteiger partial charge in [0.2, 0.25) is 0 Å². The quantitative estimate of drug-likeness (QED) is 0.825. The maximum Gasteiger partial charge on any atom is 0.256 e.